The molecule has 1 unspecified atom stereocenters. The molecule has 0 radical (unpaired) electrons. The van der Waals surface area contributed by atoms with Gasteiger partial charge in [-0.05, 0) is 61.1 Å². The van der Waals surface area contributed by atoms with E-state index in [0.29, 0.717) is 5.56 Å². The molecule has 2 aromatic carbocycles. The van der Waals surface area contributed by atoms with Crippen molar-refractivity contribution in [1.82, 2.24) is 14.7 Å². The molecule has 1 saturated heterocycles. The molecule has 4 rings (SSSR count). The van der Waals surface area contributed by atoms with E-state index in [-0.39, 0.29) is 17.7 Å². The van der Waals surface area contributed by atoms with Crippen LogP contribution in [0.15, 0.2) is 48.8 Å². The Kier molecular flexibility index (Phi) is 4.67. The van der Waals surface area contributed by atoms with Gasteiger partial charge in [-0.2, -0.15) is 5.10 Å². The van der Waals surface area contributed by atoms with E-state index in [1.54, 1.807) is 16.8 Å². The minimum Gasteiger partial charge on any atom is -0.508 e. The molecule has 3 aromatic rings. The van der Waals surface area contributed by atoms with Crippen LogP contribution in [-0.2, 0) is 7.05 Å². The summed E-state index contributed by atoms with van der Waals surface area (Å²) in [5.41, 5.74) is 5.58. The topological polar surface area (TPSA) is 58.4 Å². The average Bonchev–Trinajstić information content (AvgIpc) is 3.33. The van der Waals surface area contributed by atoms with Crippen molar-refractivity contribution >= 4 is 5.91 Å². The van der Waals surface area contributed by atoms with Gasteiger partial charge in [0.2, 0.25) is 0 Å². The van der Waals surface area contributed by atoms with E-state index in [9.17, 15) is 9.90 Å². The highest BCUT2D eigenvalue weighted by atomic mass is 16.3. The van der Waals surface area contributed by atoms with Gasteiger partial charge in [0.25, 0.3) is 5.91 Å². The number of amides is 1. The lowest BCUT2D eigenvalue weighted by Crippen LogP contribution is -2.31. The number of aryl methyl sites for hydroxylation is 3. The van der Waals surface area contributed by atoms with Crippen LogP contribution in [0.25, 0.3) is 11.1 Å². The highest BCUT2D eigenvalue weighted by Crippen LogP contribution is 2.35. The number of hydrogen-bond donors (Lipinski definition) is 1. The standard InChI is InChI=1S/C23H25N3O2/c1-15-12-22(27)16(2)11-20(15)23(28)26-10-4-5-21(26)18-8-6-17(7-9-18)19-13-24-25(3)14-19/h6-9,11-14,21,27H,4-5,10H2,1-3H3. The van der Waals surface area contributed by atoms with Gasteiger partial charge >= 0.3 is 0 Å². The van der Waals surface area contributed by atoms with Crippen LogP contribution in [0.3, 0.4) is 0 Å². The van der Waals surface area contributed by atoms with Crippen LogP contribution in [-0.4, -0.2) is 32.2 Å². The number of rotatable bonds is 3. The number of carbonyl (C=O) groups is 1. The molecular weight excluding hydrogens is 350 g/mol. The van der Waals surface area contributed by atoms with Gasteiger partial charge in [-0.1, -0.05) is 24.3 Å². The number of aromatic nitrogens is 2. The van der Waals surface area contributed by atoms with Crippen molar-refractivity contribution in [3.8, 4) is 16.9 Å². The predicted molar refractivity (Wildman–Crippen MR) is 109 cm³/mol. The van der Waals surface area contributed by atoms with Crippen LogP contribution >= 0.6 is 0 Å². The summed E-state index contributed by atoms with van der Waals surface area (Å²) in [6.07, 6.45) is 5.82. The lowest BCUT2D eigenvalue weighted by atomic mass is 9.99. The summed E-state index contributed by atoms with van der Waals surface area (Å²) >= 11 is 0. The van der Waals surface area contributed by atoms with Crippen LogP contribution in [0, 0.1) is 13.8 Å². The summed E-state index contributed by atoms with van der Waals surface area (Å²) in [7, 11) is 1.91. The minimum absolute atomic E-state index is 0.0411. The third-order valence-electron chi connectivity index (χ3n) is 5.62. The second-order valence-electron chi connectivity index (χ2n) is 7.63. The van der Waals surface area contributed by atoms with Gasteiger partial charge in [-0.3, -0.25) is 9.48 Å². The number of hydrogen-bond acceptors (Lipinski definition) is 3. The Morgan fingerprint density at radius 2 is 1.86 bits per heavy atom. The fourth-order valence-electron chi connectivity index (χ4n) is 4.01. The van der Waals surface area contributed by atoms with Crippen LogP contribution in [0.5, 0.6) is 5.75 Å². The maximum atomic E-state index is 13.2. The first-order chi connectivity index (χ1) is 13.4. The molecule has 1 N–H and O–H groups in total. The summed E-state index contributed by atoms with van der Waals surface area (Å²) in [4.78, 5) is 15.2. The molecular formula is C23H25N3O2. The molecule has 0 aliphatic carbocycles. The number of nitrogens with zero attached hydrogens (tertiary/aromatic N) is 3. The lowest BCUT2D eigenvalue weighted by molar-refractivity contribution is 0.0735. The molecule has 1 aliphatic rings. The summed E-state index contributed by atoms with van der Waals surface area (Å²) in [6, 6.07) is 12.0. The number of phenolic OH excluding ortho intramolecular Hbond substituents is 1. The van der Waals surface area contributed by atoms with E-state index >= 15 is 0 Å². The lowest BCUT2D eigenvalue weighted by Gasteiger charge is -2.26. The van der Waals surface area contributed by atoms with Gasteiger partial charge in [0.05, 0.1) is 12.2 Å². The Bertz CT molecular complexity index is 1020. The number of carbonyl (C=O) groups excluding carboxylic acids is 1. The summed E-state index contributed by atoms with van der Waals surface area (Å²) in [6.45, 7) is 4.46. The number of benzene rings is 2. The first kappa shape index (κ1) is 18.3. The van der Waals surface area contributed by atoms with E-state index in [1.807, 2.05) is 38.2 Å². The number of phenols is 1. The van der Waals surface area contributed by atoms with Gasteiger partial charge in [0.15, 0.2) is 0 Å². The zero-order chi connectivity index (χ0) is 19.8. The molecule has 0 bridgehead atoms. The molecule has 1 aromatic heterocycles. The Balaban J connectivity index is 1.60. The zero-order valence-corrected chi connectivity index (χ0v) is 16.5. The third-order valence-corrected chi connectivity index (χ3v) is 5.62. The van der Waals surface area contributed by atoms with E-state index in [1.165, 1.54) is 0 Å². The SMILES string of the molecule is Cc1cc(C(=O)N2CCCC2c2ccc(-c3cnn(C)c3)cc2)c(C)cc1O. The fraction of sp³-hybridized carbons (Fsp3) is 0.304. The fourth-order valence-corrected chi connectivity index (χ4v) is 4.01. The van der Waals surface area contributed by atoms with Crippen molar-refractivity contribution in [2.45, 2.75) is 32.7 Å². The van der Waals surface area contributed by atoms with Crippen molar-refractivity contribution in [1.29, 1.82) is 0 Å². The minimum atomic E-state index is 0.0411. The molecule has 0 spiro atoms. The predicted octanol–water partition coefficient (Wildman–Crippen LogP) is 4.39. The monoisotopic (exact) mass is 375 g/mol. The number of aromatic hydroxyl groups is 1. The zero-order valence-electron chi connectivity index (χ0n) is 16.5. The summed E-state index contributed by atoms with van der Waals surface area (Å²) in [5.74, 6) is 0.275. The average molecular weight is 375 g/mol. The second kappa shape index (κ2) is 7.15. The maximum Gasteiger partial charge on any atom is 0.254 e. The van der Waals surface area contributed by atoms with Crippen molar-refractivity contribution < 1.29 is 9.90 Å². The Hall–Kier alpha value is -3.08. The van der Waals surface area contributed by atoms with E-state index in [4.69, 9.17) is 0 Å². The van der Waals surface area contributed by atoms with Crippen molar-refractivity contribution in [2.24, 2.45) is 7.05 Å². The first-order valence-corrected chi connectivity index (χ1v) is 9.64. The summed E-state index contributed by atoms with van der Waals surface area (Å²) in [5, 5.41) is 14.1. The van der Waals surface area contributed by atoms with E-state index < -0.39 is 0 Å². The largest absolute Gasteiger partial charge is 0.508 e. The van der Waals surface area contributed by atoms with Gasteiger partial charge in [0.1, 0.15) is 5.75 Å². The molecule has 1 atom stereocenters. The highest BCUT2D eigenvalue weighted by Gasteiger charge is 2.31. The van der Waals surface area contributed by atoms with Gasteiger partial charge < -0.3 is 10.0 Å². The van der Waals surface area contributed by atoms with Crippen LogP contribution in [0.4, 0.5) is 0 Å². The van der Waals surface area contributed by atoms with E-state index in [2.05, 4.69) is 29.4 Å². The van der Waals surface area contributed by atoms with Gasteiger partial charge in [-0.15, -0.1) is 0 Å². The van der Waals surface area contributed by atoms with Gasteiger partial charge in [0, 0.05) is 30.9 Å². The molecule has 1 fully saturated rings. The molecule has 5 nitrogen and oxygen atoms in total. The molecule has 0 saturated carbocycles. The van der Waals surface area contributed by atoms with E-state index in [0.717, 1.165) is 47.2 Å². The quantitative estimate of drug-likeness (QED) is 0.739. The first-order valence-electron chi connectivity index (χ1n) is 9.64. The van der Waals surface area contributed by atoms with Crippen LogP contribution < -0.4 is 0 Å². The summed E-state index contributed by atoms with van der Waals surface area (Å²) < 4.78 is 1.79. The molecule has 5 heteroatoms. The molecule has 1 amide bonds. The Morgan fingerprint density at radius 1 is 1.11 bits per heavy atom. The van der Waals surface area contributed by atoms with Crippen molar-refractivity contribution in [3.63, 3.8) is 0 Å². The molecule has 28 heavy (non-hydrogen) atoms. The molecule has 2 heterocycles. The van der Waals surface area contributed by atoms with Crippen molar-refractivity contribution in [3.05, 3.63) is 71.0 Å². The third kappa shape index (κ3) is 3.28. The highest BCUT2D eigenvalue weighted by molar-refractivity contribution is 5.96. The number of likely N-dealkylation sites (tertiary alicyclic amines) is 1. The molecule has 144 valence electrons. The maximum absolute atomic E-state index is 13.2. The Labute approximate surface area is 165 Å². The van der Waals surface area contributed by atoms with Gasteiger partial charge in [-0.25, -0.2) is 0 Å². The Morgan fingerprint density at radius 3 is 2.54 bits per heavy atom. The second-order valence-corrected chi connectivity index (χ2v) is 7.63. The van der Waals surface area contributed by atoms with Crippen LogP contribution in [0.1, 0.15) is 45.9 Å². The molecule has 1 aliphatic heterocycles. The normalized spacial score (nSPS) is 16.5. The van der Waals surface area contributed by atoms with Crippen LogP contribution in [0.2, 0.25) is 0 Å². The smallest absolute Gasteiger partial charge is 0.254 e. The van der Waals surface area contributed by atoms with Crippen molar-refractivity contribution in [2.75, 3.05) is 6.54 Å².